The number of likely N-dealkylation sites (N-methyl/N-ethyl adjacent to an activating group) is 2. The average molecular weight is 903 g/mol. The van der Waals surface area contributed by atoms with Crippen molar-refractivity contribution in [2.75, 3.05) is 37.1 Å². The van der Waals surface area contributed by atoms with E-state index < -0.39 is 58.1 Å². The number of hydrogen-bond donors (Lipinski definition) is 2. The molecule has 332 valence electrons. The lowest BCUT2D eigenvalue weighted by Crippen LogP contribution is -2.50. The van der Waals surface area contributed by atoms with E-state index in [0.29, 0.717) is 29.2 Å². The van der Waals surface area contributed by atoms with Crippen molar-refractivity contribution in [1.29, 1.82) is 0 Å². The van der Waals surface area contributed by atoms with Gasteiger partial charge in [0.05, 0.1) is 35.6 Å². The van der Waals surface area contributed by atoms with Gasteiger partial charge in [0.1, 0.15) is 29.5 Å². The predicted octanol–water partition coefficient (Wildman–Crippen LogP) is 3.46. The molecule has 6 aromatic rings. The van der Waals surface area contributed by atoms with E-state index in [9.17, 15) is 28.8 Å². The minimum atomic E-state index is -1.19. The second-order valence-corrected chi connectivity index (χ2v) is 15.7. The molecule has 2 atom stereocenters. The van der Waals surface area contributed by atoms with Crippen LogP contribution in [0, 0.1) is 19.7 Å². The molecule has 0 saturated carbocycles. The van der Waals surface area contributed by atoms with E-state index in [1.807, 2.05) is 18.2 Å². The van der Waals surface area contributed by atoms with Crippen molar-refractivity contribution in [2.45, 2.75) is 45.2 Å². The van der Waals surface area contributed by atoms with E-state index in [4.69, 9.17) is 21.1 Å². The standard InChI is InChI=1S/C45H40ClFN10O8/c1-24-19-34(58)38(52-56(24)28-9-6-5-7-10-28)42(60)50-31-15-13-27-20-36(49-22-33(27)54(3)44(31)62)64-18-16-26-12-14-29(21-30(26)47)57-25(2)37(46)40(59)39(53-57)43(61)51-32-23-65-35-11-8-17-48-41(35)55(4)45(32)63/h5-12,14,17,19-22,31-32H,13,15-16,18,23H2,1-4H3,(H,50,60)(H,51,61)/t31?,32-/m0/s1. The summed E-state index contributed by atoms with van der Waals surface area (Å²) in [5, 5.41) is 13.4. The van der Waals surface area contributed by atoms with E-state index in [-0.39, 0.29) is 65.4 Å². The molecule has 0 aliphatic carbocycles. The molecule has 4 amide bonds. The van der Waals surface area contributed by atoms with Gasteiger partial charge < -0.3 is 25.0 Å². The van der Waals surface area contributed by atoms with Gasteiger partial charge in [-0.25, -0.2) is 23.7 Å². The highest BCUT2D eigenvalue weighted by Crippen LogP contribution is 2.30. The summed E-state index contributed by atoms with van der Waals surface area (Å²) in [5.74, 6) is -2.51. The normalized spacial score (nSPS) is 15.8. The lowest BCUT2D eigenvalue weighted by atomic mass is 10.1. The SMILES string of the molecule is Cc1cc(=O)c(C(=O)NC2CCc3cc(OCCc4ccc(-n5nc(C(=O)N[C@H]6COc7cccnc7N(C)C6=O)c(=O)c(Cl)c5C)cc4F)ncc3N(C)C2=O)nn1-c1ccccc1. The van der Waals surface area contributed by atoms with Gasteiger partial charge in [0.15, 0.2) is 23.0 Å². The molecule has 65 heavy (non-hydrogen) atoms. The summed E-state index contributed by atoms with van der Waals surface area (Å²) >= 11 is 6.38. The van der Waals surface area contributed by atoms with Gasteiger partial charge in [-0.1, -0.05) is 35.9 Å². The Morgan fingerprint density at radius 1 is 0.846 bits per heavy atom. The third-order valence-electron chi connectivity index (χ3n) is 11.0. The number of para-hydroxylation sites is 1. The number of carbonyl (C=O) groups is 4. The zero-order valence-electron chi connectivity index (χ0n) is 35.4. The summed E-state index contributed by atoms with van der Waals surface area (Å²) in [6.45, 7) is 2.98. The Hall–Kier alpha value is -7.80. The van der Waals surface area contributed by atoms with E-state index in [2.05, 4.69) is 30.8 Å². The monoisotopic (exact) mass is 902 g/mol. The molecule has 2 aromatic carbocycles. The Morgan fingerprint density at radius 2 is 1.57 bits per heavy atom. The van der Waals surface area contributed by atoms with Crippen molar-refractivity contribution in [3.8, 4) is 23.0 Å². The van der Waals surface area contributed by atoms with E-state index in [0.717, 1.165) is 10.2 Å². The summed E-state index contributed by atoms with van der Waals surface area (Å²) in [6, 6.07) is 17.4. The number of nitrogens with one attached hydrogen (secondary N) is 2. The molecule has 8 rings (SSSR count). The third kappa shape index (κ3) is 8.77. The Morgan fingerprint density at radius 3 is 2.34 bits per heavy atom. The van der Waals surface area contributed by atoms with Crippen LogP contribution in [-0.4, -0.2) is 92.6 Å². The maximum atomic E-state index is 15.7. The van der Waals surface area contributed by atoms with Crippen LogP contribution in [0.5, 0.6) is 11.6 Å². The van der Waals surface area contributed by atoms with Crippen molar-refractivity contribution in [3.63, 3.8) is 0 Å². The van der Waals surface area contributed by atoms with Crippen LogP contribution in [0.1, 0.15) is 49.9 Å². The van der Waals surface area contributed by atoms with Crippen LogP contribution in [0.2, 0.25) is 5.02 Å². The predicted molar refractivity (Wildman–Crippen MR) is 235 cm³/mol. The second-order valence-electron chi connectivity index (χ2n) is 15.3. The Kier molecular flexibility index (Phi) is 12.2. The molecule has 2 N–H and O–H groups in total. The molecular formula is C45H40ClFN10O8. The second kappa shape index (κ2) is 18.1. The molecule has 0 fully saturated rings. The lowest BCUT2D eigenvalue weighted by molar-refractivity contribution is -0.121. The number of hydrogen-bond acceptors (Lipinski definition) is 12. The molecule has 4 aromatic heterocycles. The number of carbonyl (C=O) groups excluding carboxylic acids is 4. The Bertz CT molecular complexity index is 3020. The zero-order chi connectivity index (χ0) is 46.1. The van der Waals surface area contributed by atoms with Gasteiger partial charge in [0, 0.05) is 44.5 Å². The molecule has 2 aliphatic heterocycles. The minimum Gasteiger partial charge on any atom is -0.487 e. The number of aryl methyl sites for hydroxylation is 2. The average Bonchev–Trinajstić information content (AvgIpc) is 3.49. The van der Waals surface area contributed by atoms with Crippen LogP contribution in [-0.2, 0) is 22.4 Å². The molecule has 0 saturated heterocycles. The molecule has 0 spiro atoms. The highest BCUT2D eigenvalue weighted by molar-refractivity contribution is 6.31. The first kappa shape index (κ1) is 43.8. The molecule has 0 bridgehead atoms. The van der Waals surface area contributed by atoms with E-state index >= 15 is 4.39 Å². The summed E-state index contributed by atoms with van der Waals surface area (Å²) < 4.78 is 29.9. The summed E-state index contributed by atoms with van der Waals surface area (Å²) in [4.78, 5) is 90.7. The molecule has 0 radical (unpaired) electrons. The quantitative estimate of drug-likeness (QED) is 0.202. The Balaban J connectivity index is 0.910. The topological polar surface area (TPSA) is 213 Å². The number of pyridine rings is 2. The van der Waals surface area contributed by atoms with E-state index in [1.54, 1.807) is 50.4 Å². The fourth-order valence-electron chi connectivity index (χ4n) is 7.50. The van der Waals surface area contributed by atoms with Gasteiger partial charge in [-0.05, 0) is 74.2 Å². The van der Waals surface area contributed by atoms with Crippen LogP contribution >= 0.6 is 11.6 Å². The molecule has 2 aliphatic rings. The molecule has 20 heteroatoms. The number of rotatable bonds is 10. The third-order valence-corrected chi connectivity index (χ3v) is 11.5. The van der Waals surface area contributed by atoms with Crippen molar-refractivity contribution < 1.29 is 33.0 Å². The highest BCUT2D eigenvalue weighted by Gasteiger charge is 2.34. The number of ether oxygens (including phenoxy) is 2. The highest BCUT2D eigenvalue weighted by atomic mass is 35.5. The van der Waals surface area contributed by atoms with Gasteiger partial charge in [0.2, 0.25) is 22.6 Å². The van der Waals surface area contributed by atoms with Crippen LogP contribution < -0.4 is 40.8 Å². The number of anilines is 2. The van der Waals surface area contributed by atoms with E-state index in [1.165, 1.54) is 59.0 Å². The fraction of sp³-hybridized carbons (Fsp3) is 0.244. The molecule has 1 unspecified atom stereocenters. The summed E-state index contributed by atoms with van der Waals surface area (Å²) in [7, 11) is 3.04. The molecular weight excluding hydrogens is 863 g/mol. The number of aromatic nitrogens is 6. The zero-order valence-corrected chi connectivity index (χ0v) is 36.1. The van der Waals surface area contributed by atoms with Crippen LogP contribution in [0.15, 0.2) is 94.8 Å². The van der Waals surface area contributed by atoms with Crippen LogP contribution in [0.3, 0.4) is 0 Å². The number of amides is 4. The van der Waals surface area contributed by atoms with Crippen molar-refractivity contribution in [3.05, 3.63) is 150 Å². The Labute approximate surface area is 374 Å². The van der Waals surface area contributed by atoms with Gasteiger partial charge in [0.25, 0.3) is 17.7 Å². The summed E-state index contributed by atoms with van der Waals surface area (Å²) in [5.41, 5.74) is 0.595. The number of fused-ring (bicyclic) bond motifs is 2. The van der Waals surface area contributed by atoms with Gasteiger partial charge in [-0.2, -0.15) is 10.2 Å². The first-order valence-electron chi connectivity index (χ1n) is 20.3. The number of nitrogens with zero attached hydrogens (tertiary/aromatic N) is 8. The number of halogens is 2. The first-order chi connectivity index (χ1) is 31.2. The van der Waals surface area contributed by atoms with Crippen molar-refractivity contribution >= 4 is 46.7 Å². The first-order valence-corrected chi connectivity index (χ1v) is 20.7. The fourth-order valence-corrected chi connectivity index (χ4v) is 7.67. The van der Waals surface area contributed by atoms with Gasteiger partial charge in [-0.15, -0.1) is 0 Å². The van der Waals surface area contributed by atoms with Crippen LogP contribution in [0.25, 0.3) is 11.4 Å². The van der Waals surface area contributed by atoms with Gasteiger partial charge in [-0.3, -0.25) is 33.7 Å². The lowest BCUT2D eigenvalue weighted by Gasteiger charge is -2.22. The van der Waals surface area contributed by atoms with Crippen LogP contribution in [0.4, 0.5) is 15.9 Å². The smallest absolute Gasteiger partial charge is 0.276 e. The molecule has 18 nitrogen and oxygen atoms in total. The number of benzene rings is 2. The minimum absolute atomic E-state index is 0.0188. The largest absolute Gasteiger partial charge is 0.487 e. The maximum Gasteiger partial charge on any atom is 0.276 e. The van der Waals surface area contributed by atoms with Gasteiger partial charge >= 0.3 is 0 Å². The maximum absolute atomic E-state index is 15.7. The van der Waals surface area contributed by atoms with Crippen molar-refractivity contribution in [1.82, 2.24) is 40.2 Å². The molecule has 6 heterocycles. The summed E-state index contributed by atoms with van der Waals surface area (Å²) in [6.07, 6.45) is 3.66. The van der Waals surface area contributed by atoms with Crippen molar-refractivity contribution in [2.24, 2.45) is 0 Å².